The Morgan fingerprint density at radius 1 is 1.21 bits per heavy atom. The summed E-state index contributed by atoms with van der Waals surface area (Å²) in [7, 11) is 1.34. The van der Waals surface area contributed by atoms with Crippen LogP contribution >= 0.6 is 34.5 Å². The number of allylic oxidation sites excluding steroid dienone is 3. The number of carbonyl (C=O) groups excluding carboxylic acids is 2. The van der Waals surface area contributed by atoms with Crippen LogP contribution in [0.3, 0.4) is 0 Å². The molecule has 1 aliphatic carbocycles. The third kappa shape index (κ3) is 3.63. The molecule has 0 amide bonds. The highest BCUT2D eigenvalue weighted by Crippen LogP contribution is 2.46. The van der Waals surface area contributed by atoms with Gasteiger partial charge in [-0.2, -0.15) is 0 Å². The van der Waals surface area contributed by atoms with Gasteiger partial charge in [0.25, 0.3) is 0 Å². The second-order valence-corrected chi connectivity index (χ2v) is 8.99. The van der Waals surface area contributed by atoms with Crippen molar-refractivity contribution in [2.24, 2.45) is 0 Å². The molecular formula is C22H19Cl2NO3S. The number of rotatable bonds is 3. The van der Waals surface area contributed by atoms with Gasteiger partial charge in [0.05, 0.1) is 22.7 Å². The van der Waals surface area contributed by atoms with Crippen LogP contribution in [0.25, 0.3) is 0 Å². The summed E-state index contributed by atoms with van der Waals surface area (Å²) in [6.07, 6.45) is 1.12. The van der Waals surface area contributed by atoms with E-state index in [1.807, 2.05) is 24.4 Å². The molecule has 0 saturated heterocycles. The van der Waals surface area contributed by atoms with Crippen LogP contribution in [-0.2, 0) is 14.3 Å². The van der Waals surface area contributed by atoms with Crippen LogP contribution in [0.5, 0.6) is 0 Å². The Kier molecular flexibility index (Phi) is 5.56. The lowest BCUT2D eigenvalue weighted by Gasteiger charge is -2.36. The van der Waals surface area contributed by atoms with Gasteiger partial charge in [-0.1, -0.05) is 35.3 Å². The van der Waals surface area contributed by atoms with Crippen molar-refractivity contribution in [3.63, 3.8) is 0 Å². The maximum Gasteiger partial charge on any atom is 0.336 e. The standard InChI is InChI=1S/C22H19Cl2NO3S/c1-11-19(22(27)28-2)20(12-5-6-14(23)15(24)8-12)21-16(25-11)9-13(10-17(21)26)18-4-3-7-29-18/h3-8,13,20,25H,9-10H2,1-2H3/t13-,20+/m0/s1. The molecule has 2 heterocycles. The summed E-state index contributed by atoms with van der Waals surface area (Å²) in [5.41, 5.74) is 3.33. The van der Waals surface area contributed by atoms with Crippen molar-refractivity contribution in [1.29, 1.82) is 0 Å². The molecule has 0 spiro atoms. The number of thiophene rings is 1. The van der Waals surface area contributed by atoms with Crippen molar-refractivity contribution in [3.8, 4) is 0 Å². The maximum atomic E-state index is 13.3. The zero-order valence-corrected chi connectivity index (χ0v) is 18.3. The molecule has 0 saturated carbocycles. The van der Waals surface area contributed by atoms with Gasteiger partial charge in [-0.25, -0.2) is 4.79 Å². The average molecular weight is 448 g/mol. The van der Waals surface area contributed by atoms with Gasteiger partial charge in [0.2, 0.25) is 0 Å². The number of ether oxygens (including phenoxy) is 1. The van der Waals surface area contributed by atoms with Crippen molar-refractivity contribution >= 4 is 46.3 Å². The summed E-state index contributed by atoms with van der Waals surface area (Å²) in [5, 5.41) is 6.14. The van der Waals surface area contributed by atoms with Crippen molar-refractivity contribution in [2.45, 2.75) is 31.6 Å². The maximum absolute atomic E-state index is 13.3. The molecule has 2 aliphatic rings. The van der Waals surface area contributed by atoms with Crippen molar-refractivity contribution < 1.29 is 14.3 Å². The molecule has 1 aromatic heterocycles. The number of hydrogen-bond acceptors (Lipinski definition) is 5. The quantitative estimate of drug-likeness (QED) is 0.622. The number of esters is 1. The Balaban J connectivity index is 1.84. The highest BCUT2D eigenvalue weighted by molar-refractivity contribution is 7.10. The minimum Gasteiger partial charge on any atom is -0.466 e. The Morgan fingerprint density at radius 2 is 2.00 bits per heavy atom. The van der Waals surface area contributed by atoms with Crippen LogP contribution in [0.2, 0.25) is 10.0 Å². The highest BCUT2D eigenvalue weighted by atomic mass is 35.5. The summed E-state index contributed by atoms with van der Waals surface area (Å²) >= 11 is 14.0. The van der Waals surface area contributed by atoms with Gasteiger partial charge in [-0.05, 0) is 42.5 Å². The minimum absolute atomic E-state index is 0.0297. The average Bonchev–Trinajstić information content (AvgIpc) is 3.23. The fourth-order valence-corrected chi connectivity index (χ4v) is 5.31. The number of hydrogen-bond donors (Lipinski definition) is 1. The van der Waals surface area contributed by atoms with Crippen LogP contribution < -0.4 is 5.32 Å². The molecule has 2 atom stereocenters. The molecule has 0 unspecified atom stereocenters. The fourth-order valence-electron chi connectivity index (χ4n) is 4.17. The highest BCUT2D eigenvalue weighted by Gasteiger charge is 2.41. The molecule has 0 bridgehead atoms. The van der Waals surface area contributed by atoms with Crippen molar-refractivity contribution in [1.82, 2.24) is 5.32 Å². The summed E-state index contributed by atoms with van der Waals surface area (Å²) in [5.74, 6) is -0.839. The third-order valence-electron chi connectivity index (χ3n) is 5.46. The lowest BCUT2D eigenvalue weighted by molar-refractivity contribution is -0.136. The molecule has 29 heavy (non-hydrogen) atoms. The Labute approximate surface area is 183 Å². The molecule has 7 heteroatoms. The van der Waals surface area contributed by atoms with Gasteiger partial charge in [0.1, 0.15) is 0 Å². The Hall–Kier alpha value is -2.08. The predicted molar refractivity (Wildman–Crippen MR) is 115 cm³/mol. The molecule has 150 valence electrons. The number of halogens is 2. The molecule has 1 aromatic carbocycles. The molecule has 4 rings (SSSR count). The monoisotopic (exact) mass is 447 g/mol. The minimum atomic E-state index is -0.537. The van der Waals surface area contributed by atoms with Crippen LogP contribution in [0.4, 0.5) is 0 Å². The summed E-state index contributed by atoms with van der Waals surface area (Å²) in [6.45, 7) is 1.83. The van der Waals surface area contributed by atoms with Crippen LogP contribution in [0, 0.1) is 0 Å². The van der Waals surface area contributed by atoms with Gasteiger partial charge in [-0.3, -0.25) is 4.79 Å². The normalized spacial score (nSPS) is 21.7. The molecule has 1 N–H and O–H groups in total. The second-order valence-electron chi connectivity index (χ2n) is 7.20. The van der Waals surface area contributed by atoms with E-state index in [-0.39, 0.29) is 11.7 Å². The number of benzene rings is 1. The summed E-state index contributed by atoms with van der Waals surface area (Å²) in [4.78, 5) is 27.1. The number of Topliss-reactive ketones (excluding diaryl/α,β-unsaturated/α-hetero) is 1. The van der Waals surface area contributed by atoms with Gasteiger partial charge < -0.3 is 10.1 Å². The zero-order valence-electron chi connectivity index (χ0n) is 15.9. The molecule has 0 radical (unpaired) electrons. The van der Waals surface area contributed by atoms with Gasteiger partial charge in [0.15, 0.2) is 5.78 Å². The number of carbonyl (C=O) groups is 2. The first-order valence-corrected chi connectivity index (χ1v) is 10.8. The molecule has 4 nitrogen and oxygen atoms in total. The van der Waals surface area contributed by atoms with Crippen LogP contribution in [0.15, 0.2) is 58.3 Å². The van der Waals surface area contributed by atoms with E-state index in [0.717, 1.165) is 11.3 Å². The third-order valence-corrected chi connectivity index (χ3v) is 7.23. The smallest absolute Gasteiger partial charge is 0.336 e. The van der Waals surface area contributed by atoms with Crippen molar-refractivity contribution in [3.05, 3.63) is 78.7 Å². The number of nitrogens with one attached hydrogen (secondary N) is 1. The Bertz CT molecular complexity index is 1060. The first-order chi connectivity index (χ1) is 13.9. The van der Waals surface area contributed by atoms with E-state index in [1.165, 1.54) is 12.0 Å². The van der Waals surface area contributed by atoms with E-state index in [9.17, 15) is 9.59 Å². The van der Waals surface area contributed by atoms with E-state index in [1.54, 1.807) is 23.5 Å². The first kappa shape index (κ1) is 20.2. The van der Waals surface area contributed by atoms with E-state index in [4.69, 9.17) is 27.9 Å². The topological polar surface area (TPSA) is 55.4 Å². The predicted octanol–water partition coefficient (Wildman–Crippen LogP) is 5.59. The van der Waals surface area contributed by atoms with Crippen molar-refractivity contribution in [2.75, 3.05) is 7.11 Å². The number of ketones is 1. The largest absolute Gasteiger partial charge is 0.466 e. The number of dihydropyridines is 1. The zero-order chi connectivity index (χ0) is 20.7. The summed E-state index contributed by atoms with van der Waals surface area (Å²) < 4.78 is 5.03. The van der Waals surface area contributed by atoms with E-state index in [0.29, 0.717) is 39.7 Å². The number of methoxy groups -OCH3 is 1. The van der Waals surface area contributed by atoms with E-state index < -0.39 is 11.9 Å². The second kappa shape index (κ2) is 7.98. The van der Waals surface area contributed by atoms with E-state index in [2.05, 4.69) is 11.4 Å². The van der Waals surface area contributed by atoms with Crippen LogP contribution in [-0.4, -0.2) is 18.9 Å². The van der Waals surface area contributed by atoms with E-state index >= 15 is 0 Å². The summed E-state index contributed by atoms with van der Waals surface area (Å²) in [6, 6.07) is 9.29. The first-order valence-electron chi connectivity index (χ1n) is 9.21. The van der Waals surface area contributed by atoms with Gasteiger partial charge in [0, 0.05) is 40.1 Å². The lowest BCUT2D eigenvalue weighted by Crippen LogP contribution is -2.35. The SMILES string of the molecule is COC(=O)C1=C(C)NC2=C(C(=O)C[C@@H](c3cccs3)C2)[C@@H]1c1ccc(Cl)c(Cl)c1. The molecule has 1 aliphatic heterocycles. The molecular weight excluding hydrogens is 429 g/mol. The lowest BCUT2D eigenvalue weighted by atomic mass is 9.72. The molecule has 0 fully saturated rings. The molecule has 2 aromatic rings. The van der Waals surface area contributed by atoms with Gasteiger partial charge in [-0.15, -0.1) is 11.3 Å². The Morgan fingerprint density at radius 3 is 2.66 bits per heavy atom. The van der Waals surface area contributed by atoms with Gasteiger partial charge >= 0.3 is 5.97 Å². The van der Waals surface area contributed by atoms with Crippen LogP contribution in [0.1, 0.15) is 42.0 Å². The fraction of sp³-hybridized carbons (Fsp3) is 0.273.